The van der Waals surface area contributed by atoms with E-state index in [1.807, 2.05) is 0 Å². The second-order valence-electron chi connectivity index (χ2n) is 5.16. The summed E-state index contributed by atoms with van der Waals surface area (Å²) in [7, 11) is 1.74. The molecule has 1 fully saturated rings. The number of carbonyl (C=O) groups excluding carboxylic acids is 2. The fourth-order valence-corrected chi connectivity index (χ4v) is 2.16. The molecule has 1 aliphatic rings. The summed E-state index contributed by atoms with van der Waals surface area (Å²) in [6.45, 7) is 2.19. The Morgan fingerprint density at radius 1 is 1.43 bits per heavy atom. The van der Waals surface area contributed by atoms with Gasteiger partial charge in [-0.25, -0.2) is 4.79 Å². The van der Waals surface area contributed by atoms with Crippen molar-refractivity contribution in [1.29, 1.82) is 0 Å². The van der Waals surface area contributed by atoms with Crippen molar-refractivity contribution >= 4 is 23.3 Å². The quantitative estimate of drug-likeness (QED) is 0.607. The number of ether oxygens (including phenoxy) is 1. The van der Waals surface area contributed by atoms with Crippen molar-refractivity contribution in [3.05, 3.63) is 23.8 Å². The van der Waals surface area contributed by atoms with E-state index >= 15 is 0 Å². The van der Waals surface area contributed by atoms with Crippen molar-refractivity contribution in [3.63, 3.8) is 0 Å². The number of para-hydroxylation sites is 1. The Labute approximate surface area is 124 Å². The molecule has 0 heterocycles. The van der Waals surface area contributed by atoms with E-state index in [4.69, 9.17) is 10.5 Å². The van der Waals surface area contributed by atoms with Crippen LogP contribution in [0.3, 0.4) is 0 Å². The maximum atomic E-state index is 12.0. The maximum absolute atomic E-state index is 12.0. The molecule has 0 aromatic heterocycles. The van der Waals surface area contributed by atoms with E-state index < -0.39 is 5.97 Å². The minimum Gasteiger partial charge on any atom is -0.462 e. The Hall–Kier alpha value is -2.24. The summed E-state index contributed by atoms with van der Waals surface area (Å²) < 4.78 is 5.03. The molecule has 0 unspecified atom stereocenters. The third-order valence-electron chi connectivity index (χ3n) is 3.27. The highest BCUT2D eigenvalue weighted by Gasteiger charge is 2.25. The summed E-state index contributed by atoms with van der Waals surface area (Å²) in [5, 5.41) is 2.91. The van der Waals surface area contributed by atoms with E-state index in [2.05, 4.69) is 5.32 Å². The highest BCUT2D eigenvalue weighted by Crippen LogP contribution is 2.27. The zero-order valence-corrected chi connectivity index (χ0v) is 12.4. The van der Waals surface area contributed by atoms with E-state index in [0.29, 0.717) is 29.6 Å². The van der Waals surface area contributed by atoms with Gasteiger partial charge in [-0.05, 0) is 31.9 Å². The van der Waals surface area contributed by atoms with E-state index in [1.54, 1.807) is 37.1 Å². The number of hydrogen-bond acceptors (Lipinski definition) is 5. The van der Waals surface area contributed by atoms with Gasteiger partial charge in [0.15, 0.2) is 0 Å². The van der Waals surface area contributed by atoms with Crippen LogP contribution in [-0.2, 0) is 9.53 Å². The van der Waals surface area contributed by atoms with E-state index in [0.717, 1.165) is 12.8 Å². The predicted molar refractivity (Wildman–Crippen MR) is 81.2 cm³/mol. The van der Waals surface area contributed by atoms with Gasteiger partial charge in [-0.2, -0.15) is 0 Å². The molecule has 0 saturated heterocycles. The first kappa shape index (κ1) is 15.2. The Balaban J connectivity index is 2.15. The van der Waals surface area contributed by atoms with Crippen molar-refractivity contribution in [2.45, 2.75) is 25.8 Å². The maximum Gasteiger partial charge on any atom is 0.340 e. The van der Waals surface area contributed by atoms with Crippen molar-refractivity contribution in [1.82, 2.24) is 5.32 Å². The van der Waals surface area contributed by atoms with Crippen LogP contribution in [0, 0.1) is 0 Å². The van der Waals surface area contributed by atoms with Crippen LogP contribution >= 0.6 is 0 Å². The molecule has 1 aromatic carbocycles. The number of amides is 1. The lowest BCUT2D eigenvalue weighted by atomic mass is 10.1. The van der Waals surface area contributed by atoms with E-state index in [-0.39, 0.29) is 12.5 Å². The molecule has 1 aliphatic carbocycles. The molecule has 114 valence electrons. The predicted octanol–water partition coefficient (Wildman–Crippen LogP) is 1.16. The van der Waals surface area contributed by atoms with Gasteiger partial charge in [0.25, 0.3) is 0 Å². The number of rotatable bonds is 6. The van der Waals surface area contributed by atoms with Crippen LogP contribution in [0.2, 0.25) is 0 Å². The zero-order valence-electron chi connectivity index (χ0n) is 12.4. The summed E-state index contributed by atoms with van der Waals surface area (Å²) >= 11 is 0. The molecular weight excluding hydrogens is 270 g/mol. The lowest BCUT2D eigenvalue weighted by Crippen LogP contribution is -2.37. The number of esters is 1. The Morgan fingerprint density at radius 3 is 2.76 bits per heavy atom. The van der Waals surface area contributed by atoms with Crippen molar-refractivity contribution in [3.8, 4) is 0 Å². The molecule has 0 spiro atoms. The van der Waals surface area contributed by atoms with Crippen molar-refractivity contribution in [2.75, 3.05) is 30.8 Å². The molecule has 1 aromatic rings. The molecule has 0 aliphatic heterocycles. The largest absolute Gasteiger partial charge is 0.462 e. The fraction of sp³-hybridized carbons (Fsp3) is 0.467. The van der Waals surface area contributed by atoms with Crippen LogP contribution in [0.5, 0.6) is 0 Å². The van der Waals surface area contributed by atoms with Gasteiger partial charge in [-0.3, -0.25) is 4.79 Å². The molecule has 6 heteroatoms. The minimum absolute atomic E-state index is 0.0712. The Kier molecular flexibility index (Phi) is 4.67. The number of nitrogens with one attached hydrogen (secondary N) is 1. The number of nitrogens with zero attached hydrogens (tertiary/aromatic N) is 1. The van der Waals surface area contributed by atoms with Gasteiger partial charge in [-0.1, -0.05) is 6.07 Å². The number of benzene rings is 1. The molecule has 1 saturated carbocycles. The van der Waals surface area contributed by atoms with Crippen LogP contribution in [0.15, 0.2) is 18.2 Å². The van der Waals surface area contributed by atoms with Crippen molar-refractivity contribution < 1.29 is 14.3 Å². The van der Waals surface area contributed by atoms with E-state index in [9.17, 15) is 9.59 Å². The van der Waals surface area contributed by atoms with Gasteiger partial charge in [0.05, 0.1) is 30.1 Å². The van der Waals surface area contributed by atoms with Gasteiger partial charge in [-0.15, -0.1) is 0 Å². The molecule has 21 heavy (non-hydrogen) atoms. The molecule has 0 bridgehead atoms. The zero-order chi connectivity index (χ0) is 15.4. The van der Waals surface area contributed by atoms with Crippen LogP contribution < -0.4 is 16.0 Å². The number of nitrogens with two attached hydrogens (primary N) is 1. The highest BCUT2D eigenvalue weighted by molar-refractivity contribution is 6.00. The summed E-state index contributed by atoms with van der Waals surface area (Å²) in [4.78, 5) is 25.6. The average Bonchev–Trinajstić information content (AvgIpc) is 3.22. The lowest BCUT2D eigenvalue weighted by molar-refractivity contribution is -0.119. The average molecular weight is 291 g/mol. The molecule has 0 radical (unpaired) electrons. The first-order valence-corrected chi connectivity index (χ1v) is 7.09. The topological polar surface area (TPSA) is 84.7 Å². The first-order chi connectivity index (χ1) is 10.0. The van der Waals surface area contributed by atoms with E-state index in [1.165, 1.54) is 0 Å². The molecule has 6 nitrogen and oxygen atoms in total. The SMILES string of the molecule is CCOC(=O)c1cccc(N)c1N(C)CC(=O)NC1CC1. The number of carbonyl (C=O) groups is 2. The summed E-state index contributed by atoms with van der Waals surface area (Å²) in [6.07, 6.45) is 2.08. The molecular formula is C15H21N3O3. The Morgan fingerprint density at radius 2 is 2.14 bits per heavy atom. The van der Waals surface area contributed by atoms with Crippen LogP contribution in [0.4, 0.5) is 11.4 Å². The van der Waals surface area contributed by atoms with Gasteiger partial charge in [0, 0.05) is 13.1 Å². The second-order valence-corrected chi connectivity index (χ2v) is 5.16. The third kappa shape index (κ3) is 3.87. The number of anilines is 2. The minimum atomic E-state index is -0.436. The standard InChI is InChI=1S/C15H21N3O3/c1-3-21-15(20)11-5-4-6-12(16)14(11)18(2)9-13(19)17-10-7-8-10/h4-6,10H,3,7-9,16H2,1-2H3,(H,17,19). The fourth-order valence-electron chi connectivity index (χ4n) is 2.16. The first-order valence-electron chi connectivity index (χ1n) is 7.09. The van der Waals surface area contributed by atoms with Gasteiger partial charge in [0.2, 0.25) is 5.91 Å². The van der Waals surface area contributed by atoms with Gasteiger partial charge >= 0.3 is 5.97 Å². The molecule has 2 rings (SSSR count). The number of nitrogen functional groups attached to an aromatic ring is 1. The van der Waals surface area contributed by atoms with Crippen LogP contribution in [-0.4, -0.2) is 38.1 Å². The smallest absolute Gasteiger partial charge is 0.340 e. The monoisotopic (exact) mass is 291 g/mol. The van der Waals surface area contributed by atoms with Crippen molar-refractivity contribution in [2.24, 2.45) is 0 Å². The highest BCUT2D eigenvalue weighted by atomic mass is 16.5. The summed E-state index contributed by atoms with van der Waals surface area (Å²) in [5.41, 5.74) is 7.31. The van der Waals surface area contributed by atoms with Gasteiger partial charge < -0.3 is 20.7 Å². The number of hydrogen-bond donors (Lipinski definition) is 2. The molecule has 3 N–H and O–H groups in total. The third-order valence-corrected chi connectivity index (χ3v) is 3.27. The van der Waals surface area contributed by atoms with Crippen LogP contribution in [0.1, 0.15) is 30.1 Å². The van der Waals surface area contributed by atoms with Crippen LogP contribution in [0.25, 0.3) is 0 Å². The number of likely N-dealkylation sites (N-methyl/N-ethyl adjacent to an activating group) is 1. The molecule has 1 amide bonds. The molecule has 0 atom stereocenters. The lowest BCUT2D eigenvalue weighted by Gasteiger charge is -2.23. The van der Waals surface area contributed by atoms with Gasteiger partial charge in [0.1, 0.15) is 0 Å². The summed E-state index contributed by atoms with van der Waals surface area (Å²) in [5.74, 6) is -0.507. The Bertz CT molecular complexity index is 541. The summed E-state index contributed by atoms with van der Waals surface area (Å²) in [6, 6.07) is 5.36. The normalized spacial score (nSPS) is 13.6. The second kappa shape index (κ2) is 6.47.